The number of anilines is 2. The van der Waals surface area contributed by atoms with E-state index in [0.29, 0.717) is 11.9 Å². The monoisotopic (exact) mass is 362 g/mol. The topological polar surface area (TPSA) is 84.9 Å². The Morgan fingerprint density at radius 1 is 1.28 bits per heavy atom. The molecule has 3 rings (SSSR count). The molecule has 1 aliphatic heterocycles. The third kappa shape index (κ3) is 4.64. The van der Waals surface area contributed by atoms with Crippen molar-refractivity contribution in [3.05, 3.63) is 22.3 Å². The van der Waals surface area contributed by atoms with E-state index in [1.807, 2.05) is 19.9 Å². The van der Waals surface area contributed by atoms with Crippen LogP contribution in [0.25, 0.3) is 0 Å². The normalized spacial score (nSPS) is 22.0. The molecule has 0 amide bonds. The lowest BCUT2D eigenvalue weighted by molar-refractivity contribution is -0.0203. The summed E-state index contributed by atoms with van der Waals surface area (Å²) in [5.41, 5.74) is 0. The van der Waals surface area contributed by atoms with E-state index in [9.17, 15) is 0 Å². The predicted octanol–water partition coefficient (Wildman–Crippen LogP) is 3.43. The van der Waals surface area contributed by atoms with Crippen LogP contribution in [-0.4, -0.2) is 38.9 Å². The summed E-state index contributed by atoms with van der Waals surface area (Å²) < 4.78 is 5.94. The Balaban J connectivity index is 1.66. The number of rotatable bonds is 6. The minimum atomic E-state index is 0.0166. The van der Waals surface area contributed by atoms with Crippen molar-refractivity contribution < 1.29 is 4.74 Å². The van der Waals surface area contributed by atoms with Gasteiger partial charge in [0.15, 0.2) is 0 Å². The van der Waals surface area contributed by atoms with Crippen LogP contribution in [-0.2, 0) is 4.74 Å². The minimum absolute atomic E-state index is 0.0166. The number of ether oxygens (including phenoxy) is 1. The van der Waals surface area contributed by atoms with Crippen LogP contribution in [0, 0.1) is 12.8 Å². The Morgan fingerprint density at radius 2 is 2.12 bits per heavy atom. The largest absolute Gasteiger partial charge is 0.376 e. The zero-order chi connectivity index (χ0) is 17.8. The second-order valence-corrected chi connectivity index (χ2v) is 7.98. The smallest absolute Gasteiger partial charge is 0.225 e. The maximum absolute atomic E-state index is 5.94. The van der Waals surface area contributed by atoms with Crippen LogP contribution in [0.4, 0.5) is 11.8 Å². The second kappa shape index (κ2) is 8.05. The van der Waals surface area contributed by atoms with Gasteiger partial charge in [-0.1, -0.05) is 25.2 Å². The first kappa shape index (κ1) is 18.0. The van der Waals surface area contributed by atoms with Crippen molar-refractivity contribution >= 4 is 23.1 Å². The van der Waals surface area contributed by atoms with Crippen molar-refractivity contribution in [2.75, 3.05) is 17.2 Å². The summed E-state index contributed by atoms with van der Waals surface area (Å²) in [5.74, 6) is 1.88. The summed E-state index contributed by atoms with van der Waals surface area (Å²) in [6, 6.07) is 2.19. The number of aromatic nitrogens is 4. The van der Waals surface area contributed by atoms with Gasteiger partial charge in [0.05, 0.1) is 18.2 Å². The molecule has 0 saturated carbocycles. The van der Waals surface area contributed by atoms with Crippen LogP contribution in [0.1, 0.15) is 49.7 Å². The highest BCUT2D eigenvalue weighted by Gasteiger charge is 2.28. The van der Waals surface area contributed by atoms with E-state index < -0.39 is 0 Å². The Kier molecular flexibility index (Phi) is 5.80. The van der Waals surface area contributed by atoms with E-state index in [1.165, 1.54) is 0 Å². The van der Waals surface area contributed by atoms with Crippen molar-refractivity contribution in [3.8, 4) is 0 Å². The van der Waals surface area contributed by atoms with Crippen LogP contribution in [0.5, 0.6) is 0 Å². The average molecular weight is 363 g/mol. The van der Waals surface area contributed by atoms with Gasteiger partial charge in [-0.3, -0.25) is 0 Å². The lowest BCUT2D eigenvalue weighted by Crippen LogP contribution is -2.43. The molecule has 8 heteroatoms. The van der Waals surface area contributed by atoms with Gasteiger partial charge in [0, 0.05) is 12.8 Å². The zero-order valence-electron chi connectivity index (χ0n) is 15.2. The van der Waals surface area contributed by atoms with E-state index in [2.05, 4.69) is 44.6 Å². The molecule has 3 atom stereocenters. The van der Waals surface area contributed by atoms with E-state index in [-0.39, 0.29) is 18.2 Å². The molecule has 2 aromatic heterocycles. The molecule has 0 radical (unpaired) electrons. The summed E-state index contributed by atoms with van der Waals surface area (Å²) in [6.07, 6.45) is 4.15. The molecule has 0 aromatic carbocycles. The van der Waals surface area contributed by atoms with E-state index in [0.717, 1.165) is 35.3 Å². The van der Waals surface area contributed by atoms with Gasteiger partial charge in [0.1, 0.15) is 15.8 Å². The number of nitrogens with one attached hydrogen (secondary N) is 2. The van der Waals surface area contributed by atoms with Crippen molar-refractivity contribution in [2.24, 2.45) is 5.92 Å². The summed E-state index contributed by atoms with van der Waals surface area (Å²) >= 11 is 1.58. The molecule has 0 aliphatic carbocycles. The third-order valence-electron chi connectivity index (χ3n) is 4.27. The molecule has 1 saturated heterocycles. The third-order valence-corrected chi connectivity index (χ3v) is 5.29. The average Bonchev–Trinajstić information content (AvgIpc) is 3.02. The van der Waals surface area contributed by atoms with Crippen molar-refractivity contribution in [1.29, 1.82) is 0 Å². The Bertz CT molecular complexity index is 691. The van der Waals surface area contributed by atoms with Crippen molar-refractivity contribution in [3.63, 3.8) is 0 Å². The molecule has 7 nitrogen and oxygen atoms in total. The van der Waals surface area contributed by atoms with Gasteiger partial charge in [-0.25, -0.2) is 4.98 Å². The molecule has 136 valence electrons. The van der Waals surface area contributed by atoms with Gasteiger partial charge in [-0.15, -0.1) is 10.2 Å². The molecule has 25 heavy (non-hydrogen) atoms. The molecule has 0 spiro atoms. The minimum Gasteiger partial charge on any atom is -0.376 e. The molecule has 0 unspecified atom stereocenters. The highest BCUT2D eigenvalue weighted by Crippen LogP contribution is 2.24. The standard InChI is InChI=1S/C17H26N6OS/c1-10(2)15-13(6-5-9-24-15)20-14-7-8-18-17(21-14)19-11(3)16-23-22-12(4)25-16/h7-8,10-11,13,15H,5-6,9H2,1-4H3,(H2,18,19,20,21)/t11-,13+,15+/m0/s1. The molecule has 3 heterocycles. The maximum Gasteiger partial charge on any atom is 0.225 e. The fourth-order valence-electron chi connectivity index (χ4n) is 3.06. The molecule has 1 aliphatic rings. The summed E-state index contributed by atoms with van der Waals surface area (Å²) in [6.45, 7) is 9.22. The van der Waals surface area contributed by atoms with Gasteiger partial charge in [0.25, 0.3) is 0 Å². The highest BCUT2D eigenvalue weighted by molar-refractivity contribution is 7.11. The van der Waals surface area contributed by atoms with Crippen LogP contribution in [0.15, 0.2) is 12.3 Å². The summed E-state index contributed by atoms with van der Waals surface area (Å²) in [4.78, 5) is 8.92. The molecular weight excluding hydrogens is 336 g/mol. The first-order valence-electron chi connectivity index (χ1n) is 8.80. The molecule has 1 fully saturated rings. The second-order valence-electron chi connectivity index (χ2n) is 6.76. The lowest BCUT2D eigenvalue weighted by atomic mass is 9.94. The van der Waals surface area contributed by atoms with Crippen molar-refractivity contribution in [1.82, 2.24) is 20.2 Å². The molecule has 2 aromatic rings. The van der Waals surface area contributed by atoms with E-state index in [1.54, 1.807) is 17.5 Å². The van der Waals surface area contributed by atoms with Gasteiger partial charge >= 0.3 is 0 Å². The molecule has 2 N–H and O–H groups in total. The zero-order valence-corrected chi connectivity index (χ0v) is 16.0. The number of hydrogen-bond donors (Lipinski definition) is 2. The highest BCUT2D eigenvalue weighted by atomic mass is 32.1. The summed E-state index contributed by atoms with van der Waals surface area (Å²) in [5, 5.41) is 16.9. The van der Waals surface area contributed by atoms with Crippen LogP contribution in [0.3, 0.4) is 0 Å². The lowest BCUT2D eigenvalue weighted by Gasteiger charge is -2.35. The Hall–Kier alpha value is -1.80. The van der Waals surface area contributed by atoms with Gasteiger partial charge in [-0.05, 0) is 38.7 Å². The fourth-order valence-corrected chi connectivity index (χ4v) is 3.76. The SMILES string of the molecule is Cc1nnc([C@H](C)Nc2nccc(N[C@@H]3CCCO[C@@H]3C(C)C)n2)s1. The number of nitrogens with zero attached hydrogens (tertiary/aromatic N) is 4. The molecule has 0 bridgehead atoms. The predicted molar refractivity (Wildman–Crippen MR) is 99.9 cm³/mol. The van der Waals surface area contributed by atoms with Gasteiger partial charge < -0.3 is 15.4 Å². The quantitative estimate of drug-likeness (QED) is 0.814. The van der Waals surface area contributed by atoms with Gasteiger partial charge in [0.2, 0.25) is 5.95 Å². The first-order chi connectivity index (χ1) is 12.0. The fraction of sp³-hybridized carbons (Fsp3) is 0.647. The van der Waals surface area contributed by atoms with Crippen LogP contribution >= 0.6 is 11.3 Å². The Morgan fingerprint density at radius 3 is 2.84 bits per heavy atom. The first-order valence-corrected chi connectivity index (χ1v) is 9.62. The van der Waals surface area contributed by atoms with E-state index >= 15 is 0 Å². The van der Waals surface area contributed by atoms with E-state index in [4.69, 9.17) is 4.74 Å². The van der Waals surface area contributed by atoms with Crippen LogP contribution < -0.4 is 10.6 Å². The Labute approximate surface area is 152 Å². The van der Waals surface area contributed by atoms with Crippen LogP contribution in [0.2, 0.25) is 0 Å². The molecular formula is C17H26N6OS. The van der Waals surface area contributed by atoms with Gasteiger partial charge in [-0.2, -0.15) is 4.98 Å². The van der Waals surface area contributed by atoms with Crippen molar-refractivity contribution in [2.45, 2.75) is 58.7 Å². The maximum atomic E-state index is 5.94. The summed E-state index contributed by atoms with van der Waals surface area (Å²) in [7, 11) is 0. The number of aryl methyl sites for hydroxylation is 1. The number of hydrogen-bond acceptors (Lipinski definition) is 8.